The monoisotopic (exact) mass is 294 g/mol. The van der Waals surface area contributed by atoms with E-state index < -0.39 is 0 Å². The molecular weight excluding hydrogens is 283 g/mol. The zero-order valence-corrected chi connectivity index (χ0v) is 11.0. The first-order valence-electron chi connectivity index (χ1n) is 5.39. The fraction of sp³-hybridized carbons (Fsp3) is 0.143. The molecule has 3 heteroatoms. The van der Waals surface area contributed by atoms with Crippen molar-refractivity contribution in [3.8, 4) is 16.9 Å². The molecular formula is C14H12BrFO. The van der Waals surface area contributed by atoms with Gasteiger partial charge in [-0.2, -0.15) is 0 Å². The molecule has 0 fully saturated rings. The van der Waals surface area contributed by atoms with E-state index in [0.29, 0.717) is 12.2 Å². The Labute approximate surface area is 108 Å². The lowest BCUT2D eigenvalue weighted by Crippen LogP contribution is -1.92. The summed E-state index contributed by atoms with van der Waals surface area (Å²) in [6.45, 7) is 2.52. The van der Waals surface area contributed by atoms with E-state index in [1.54, 1.807) is 6.07 Å². The summed E-state index contributed by atoms with van der Waals surface area (Å²) in [5.74, 6) is 0.508. The molecule has 0 aliphatic heterocycles. The van der Waals surface area contributed by atoms with E-state index in [-0.39, 0.29) is 5.82 Å². The summed E-state index contributed by atoms with van der Waals surface area (Å²) in [5.41, 5.74) is 1.37. The lowest BCUT2D eigenvalue weighted by atomic mass is 10.1. The van der Waals surface area contributed by atoms with Crippen LogP contribution in [0.4, 0.5) is 4.39 Å². The zero-order chi connectivity index (χ0) is 12.3. The van der Waals surface area contributed by atoms with Crippen LogP contribution in [-0.2, 0) is 0 Å². The van der Waals surface area contributed by atoms with Gasteiger partial charge in [0.2, 0.25) is 0 Å². The van der Waals surface area contributed by atoms with E-state index >= 15 is 0 Å². The number of ether oxygens (including phenoxy) is 1. The molecule has 0 amide bonds. The van der Waals surface area contributed by atoms with E-state index in [1.165, 1.54) is 6.07 Å². The Balaban J connectivity index is 2.49. The molecule has 0 saturated heterocycles. The smallest absolute Gasteiger partial charge is 0.132 e. The van der Waals surface area contributed by atoms with Crippen molar-refractivity contribution in [1.82, 2.24) is 0 Å². The third-order valence-electron chi connectivity index (χ3n) is 2.40. The van der Waals surface area contributed by atoms with Crippen molar-refractivity contribution in [2.24, 2.45) is 0 Å². The lowest BCUT2D eigenvalue weighted by Gasteiger charge is -2.08. The fourth-order valence-corrected chi connectivity index (χ4v) is 2.25. The molecule has 2 aromatic carbocycles. The van der Waals surface area contributed by atoms with Crippen molar-refractivity contribution in [3.05, 3.63) is 52.8 Å². The lowest BCUT2D eigenvalue weighted by molar-refractivity contribution is 0.340. The van der Waals surface area contributed by atoms with Crippen molar-refractivity contribution >= 4 is 15.9 Å². The Morgan fingerprint density at radius 2 is 1.94 bits per heavy atom. The number of halogens is 2. The van der Waals surface area contributed by atoms with Crippen LogP contribution in [0.3, 0.4) is 0 Å². The van der Waals surface area contributed by atoms with Gasteiger partial charge in [-0.1, -0.05) is 34.1 Å². The Kier molecular flexibility index (Phi) is 3.79. The topological polar surface area (TPSA) is 9.23 Å². The maximum Gasteiger partial charge on any atom is 0.132 e. The second kappa shape index (κ2) is 5.32. The average molecular weight is 295 g/mol. The van der Waals surface area contributed by atoms with Gasteiger partial charge in [0.25, 0.3) is 0 Å². The molecule has 0 aliphatic rings. The van der Waals surface area contributed by atoms with Gasteiger partial charge in [-0.25, -0.2) is 4.39 Å². The molecule has 2 aromatic rings. The maximum atomic E-state index is 13.8. The van der Waals surface area contributed by atoms with Crippen molar-refractivity contribution < 1.29 is 9.13 Å². The van der Waals surface area contributed by atoms with Crippen molar-refractivity contribution in [1.29, 1.82) is 0 Å². The Bertz CT molecular complexity index is 505. The van der Waals surface area contributed by atoms with Crippen LogP contribution in [0.25, 0.3) is 11.1 Å². The molecule has 0 saturated carbocycles. The molecule has 88 valence electrons. The molecule has 2 rings (SSSR count). The molecule has 0 heterocycles. The first kappa shape index (κ1) is 12.1. The molecule has 0 unspecified atom stereocenters. The van der Waals surface area contributed by atoms with Crippen LogP contribution in [0.1, 0.15) is 6.92 Å². The van der Waals surface area contributed by atoms with Crippen LogP contribution in [0.2, 0.25) is 0 Å². The maximum absolute atomic E-state index is 13.8. The molecule has 0 atom stereocenters. The van der Waals surface area contributed by atoms with Crippen LogP contribution in [0, 0.1) is 5.82 Å². The van der Waals surface area contributed by atoms with Gasteiger partial charge in [-0.05, 0) is 36.8 Å². The highest BCUT2D eigenvalue weighted by Gasteiger charge is 2.09. The highest BCUT2D eigenvalue weighted by Crippen LogP contribution is 2.32. The summed E-state index contributed by atoms with van der Waals surface area (Å²) in [6.07, 6.45) is 0. The number of rotatable bonds is 3. The van der Waals surface area contributed by atoms with Crippen molar-refractivity contribution in [2.75, 3.05) is 6.61 Å². The molecule has 0 radical (unpaired) electrons. The summed E-state index contributed by atoms with van der Waals surface area (Å²) in [4.78, 5) is 0. The van der Waals surface area contributed by atoms with E-state index in [1.807, 2.05) is 37.3 Å². The SMILES string of the molecule is CCOc1cccc(-c2c(F)cccc2Br)c1. The highest BCUT2D eigenvalue weighted by molar-refractivity contribution is 9.10. The van der Waals surface area contributed by atoms with Gasteiger partial charge < -0.3 is 4.74 Å². The molecule has 0 aliphatic carbocycles. The summed E-state index contributed by atoms with van der Waals surface area (Å²) >= 11 is 3.37. The van der Waals surface area contributed by atoms with Gasteiger partial charge >= 0.3 is 0 Å². The summed E-state index contributed by atoms with van der Waals surface area (Å²) < 4.78 is 19.9. The number of hydrogen-bond donors (Lipinski definition) is 0. The number of hydrogen-bond acceptors (Lipinski definition) is 1. The minimum Gasteiger partial charge on any atom is -0.494 e. The predicted molar refractivity (Wildman–Crippen MR) is 70.7 cm³/mol. The van der Waals surface area contributed by atoms with Gasteiger partial charge in [0, 0.05) is 10.0 Å². The van der Waals surface area contributed by atoms with E-state index in [2.05, 4.69) is 15.9 Å². The van der Waals surface area contributed by atoms with Gasteiger partial charge in [-0.3, -0.25) is 0 Å². The van der Waals surface area contributed by atoms with Gasteiger partial charge in [0.1, 0.15) is 11.6 Å². The average Bonchev–Trinajstić information content (AvgIpc) is 2.30. The van der Waals surface area contributed by atoms with Crippen LogP contribution in [0.5, 0.6) is 5.75 Å². The first-order chi connectivity index (χ1) is 8.22. The minimum atomic E-state index is -0.243. The molecule has 0 bridgehead atoms. The predicted octanol–water partition coefficient (Wildman–Crippen LogP) is 4.65. The standard InChI is InChI=1S/C14H12BrFO/c1-2-17-11-6-3-5-10(9-11)14-12(15)7-4-8-13(14)16/h3-9H,2H2,1H3. The largest absolute Gasteiger partial charge is 0.494 e. The molecule has 0 N–H and O–H groups in total. The second-order valence-electron chi connectivity index (χ2n) is 3.56. The summed E-state index contributed by atoms with van der Waals surface area (Å²) in [7, 11) is 0. The minimum absolute atomic E-state index is 0.243. The van der Waals surface area contributed by atoms with Crippen LogP contribution in [-0.4, -0.2) is 6.61 Å². The summed E-state index contributed by atoms with van der Waals surface area (Å²) in [5, 5.41) is 0. The van der Waals surface area contributed by atoms with E-state index in [9.17, 15) is 4.39 Å². The van der Waals surface area contributed by atoms with Gasteiger partial charge in [0.05, 0.1) is 6.61 Å². The van der Waals surface area contributed by atoms with Gasteiger partial charge in [-0.15, -0.1) is 0 Å². The van der Waals surface area contributed by atoms with E-state index in [4.69, 9.17) is 4.74 Å². The van der Waals surface area contributed by atoms with Crippen LogP contribution >= 0.6 is 15.9 Å². The molecule has 0 aromatic heterocycles. The third-order valence-corrected chi connectivity index (χ3v) is 3.06. The molecule has 17 heavy (non-hydrogen) atoms. The molecule has 0 spiro atoms. The van der Waals surface area contributed by atoms with Crippen LogP contribution in [0.15, 0.2) is 46.9 Å². The fourth-order valence-electron chi connectivity index (χ4n) is 1.68. The normalized spacial score (nSPS) is 10.3. The Hall–Kier alpha value is -1.35. The quantitative estimate of drug-likeness (QED) is 0.800. The second-order valence-corrected chi connectivity index (χ2v) is 4.41. The third kappa shape index (κ3) is 2.67. The van der Waals surface area contributed by atoms with Gasteiger partial charge in [0.15, 0.2) is 0 Å². The van der Waals surface area contributed by atoms with Crippen LogP contribution < -0.4 is 4.74 Å². The Morgan fingerprint density at radius 1 is 1.18 bits per heavy atom. The highest BCUT2D eigenvalue weighted by atomic mass is 79.9. The first-order valence-corrected chi connectivity index (χ1v) is 6.19. The number of benzene rings is 2. The van der Waals surface area contributed by atoms with E-state index in [0.717, 1.165) is 15.8 Å². The van der Waals surface area contributed by atoms with Crippen molar-refractivity contribution in [2.45, 2.75) is 6.92 Å². The molecule has 1 nitrogen and oxygen atoms in total. The van der Waals surface area contributed by atoms with Crippen molar-refractivity contribution in [3.63, 3.8) is 0 Å². The Morgan fingerprint density at radius 3 is 2.65 bits per heavy atom. The zero-order valence-electron chi connectivity index (χ0n) is 9.41. The summed E-state index contributed by atoms with van der Waals surface area (Å²) in [6, 6.07) is 12.4.